The first-order valence-corrected chi connectivity index (χ1v) is 11.8. The maximum Gasteiger partial charge on any atom is 0.243 e. The van der Waals surface area contributed by atoms with Gasteiger partial charge in [0, 0.05) is 6.54 Å². The molecule has 0 radical (unpaired) electrons. The van der Waals surface area contributed by atoms with E-state index in [-0.39, 0.29) is 4.90 Å². The summed E-state index contributed by atoms with van der Waals surface area (Å²) in [6.45, 7) is 0.359. The maximum absolute atomic E-state index is 13.6. The number of hydrogen-bond acceptors (Lipinski definition) is 5. The van der Waals surface area contributed by atoms with Crippen molar-refractivity contribution < 1.29 is 26.4 Å². The standard InChI is InChI=1S/C24H20F2N2O4S/c1-31-17-6-8-18(9-7-17)33(29,30)28-12-2-3-22(28)24-27-21-14-16(5-11-23(21)32-24)15-4-10-19(25)20(26)13-15/h4-11,13-14,22H,2-3,12H2,1H3/t22-/m0/s1. The molecule has 0 aliphatic carbocycles. The van der Waals surface area contributed by atoms with Crippen molar-refractivity contribution in [3.63, 3.8) is 0 Å². The zero-order valence-corrected chi connectivity index (χ0v) is 18.5. The molecule has 1 saturated heterocycles. The number of rotatable bonds is 5. The predicted molar refractivity (Wildman–Crippen MR) is 118 cm³/mol. The number of oxazole rings is 1. The Morgan fingerprint density at radius 1 is 1.00 bits per heavy atom. The molecule has 3 aromatic carbocycles. The van der Waals surface area contributed by atoms with Crippen LogP contribution in [0.2, 0.25) is 0 Å². The predicted octanol–water partition coefficient (Wildman–Crippen LogP) is 5.31. The molecular weight excluding hydrogens is 450 g/mol. The Balaban J connectivity index is 1.48. The van der Waals surface area contributed by atoms with Crippen LogP contribution < -0.4 is 4.74 Å². The molecule has 9 heteroatoms. The van der Waals surface area contributed by atoms with Crippen LogP contribution in [0.3, 0.4) is 0 Å². The summed E-state index contributed by atoms with van der Waals surface area (Å²) in [7, 11) is -2.24. The number of halogens is 2. The van der Waals surface area contributed by atoms with Gasteiger partial charge in [0.25, 0.3) is 0 Å². The zero-order chi connectivity index (χ0) is 23.2. The molecule has 170 valence electrons. The van der Waals surface area contributed by atoms with Crippen LogP contribution in [-0.4, -0.2) is 31.4 Å². The summed E-state index contributed by atoms with van der Waals surface area (Å²) >= 11 is 0. The van der Waals surface area contributed by atoms with Crippen molar-refractivity contribution >= 4 is 21.1 Å². The summed E-state index contributed by atoms with van der Waals surface area (Å²) in [5.41, 5.74) is 2.16. The average Bonchev–Trinajstić information content (AvgIpc) is 3.48. The summed E-state index contributed by atoms with van der Waals surface area (Å²) < 4.78 is 65.9. The van der Waals surface area contributed by atoms with Gasteiger partial charge in [0.05, 0.1) is 12.0 Å². The Bertz CT molecular complexity index is 1430. The quantitative estimate of drug-likeness (QED) is 0.395. The smallest absolute Gasteiger partial charge is 0.243 e. The largest absolute Gasteiger partial charge is 0.497 e. The van der Waals surface area contributed by atoms with E-state index in [4.69, 9.17) is 9.15 Å². The van der Waals surface area contributed by atoms with E-state index in [1.54, 1.807) is 30.3 Å². The lowest BCUT2D eigenvalue weighted by Gasteiger charge is -2.21. The van der Waals surface area contributed by atoms with Crippen molar-refractivity contribution in [1.29, 1.82) is 0 Å². The minimum Gasteiger partial charge on any atom is -0.497 e. The fourth-order valence-electron chi connectivity index (χ4n) is 4.10. The molecule has 5 rings (SSSR count). The van der Waals surface area contributed by atoms with Gasteiger partial charge in [-0.3, -0.25) is 0 Å². The third kappa shape index (κ3) is 3.87. The van der Waals surface area contributed by atoms with Crippen molar-refractivity contribution in [3.8, 4) is 16.9 Å². The number of hydrogen-bond donors (Lipinski definition) is 0. The van der Waals surface area contributed by atoms with Crippen LogP contribution in [0.25, 0.3) is 22.2 Å². The summed E-state index contributed by atoms with van der Waals surface area (Å²) in [5.74, 6) is -0.966. The van der Waals surface area contributed by atoms with Crippen LogP contribution in [0.4, 0.5) is 8.78 Å². The molecule has 0 spiro atoms. The molecule has 6 nitrogen and oxygen atoms in total. The molecule has 0 saturated carbocycles. The number of sulfonamides is 1. The van der Waals surface area contributed by atoms with Gasteiger partial charge in [0.2, 0.25) is 15.9 Å². The lowest BCUT2D eigenvalue weighted by Crippen LogP contribution is -2.30. The van der Waals surface area contributed by atoms with Crippen LogP contribution in [0.1, 0.15) is 24.8 Å². The summed E-state index contributed by atoms with van der Waals surface area (Å²) in [4.78, 5) is 4.72. The summed E-state index contributed by atoms with van der Waals surface area (Å²) in [6, 6.07) is 14.5. The Labute approximate surface area is 189 Å². The van der Waals surface area contributed by atoms with Crippen LogP contribution in [-0.2, 0) is 10.0 Å². The molecule has 1 aliphatic heterocycles. The molecule has 1 aromatic heterocycles. The Morgan fingerprint density at radius 3 is 2.45 bits per heavy atom. The van der Waals surface area contributed by atoms with Gasteiger partial charge in [-0.1, -0.05) is 12.1 Å². The van der Waals surface area contributed by atoms with Crippen molar-refractivity contribution in [2.24, 2.45) is 0 Å². The number of nitrogens with zero attached hydrogens (tertiary/aromatic N) is 2. The van der Waals surface area contributed by atoms with E-state index in [9.17, 15) is 17.2 Å². The van der Waals surface area contributed by atoms with Crippen molar-refractivity contribution in [2.75, 3.05) is 13.7 Å². The molecular formula is C24H20F2N2O4S. The second kappa shape index (κ2) is 8.24. The maximum atomic E-state index is 13.6. The molecule has 0 N–H and O–H groups in total. The van der Waals surface area contributed by atoms with E-state index in [0.29, 0.717) is 53.3 Å². The topological polar surface area (TPSA) is 72.6 Å². The molecule has 4 aromatic rings. The van der Waals surface area contributed by atoms with Gasteiger partial charge in [-0.15, -0.1) is 0 Å². The van der Waals surface area contributed by atoms with Crippen molar-refractivity contribution in [1.82, 2.24) is 9.29 Å². The number of ether oxygens (including phenoxy) is 1. The number of fused-ring (bicyclic) bond motifs is 1. The van der Waals surface area contributed by atoms with Gasteiger partial charge in [0.1, 0.15) is 17.3 Å². The highest BCUT2D eigenvalue weighted by Gasteiger charge is 2.39. The number of aromatic nitrogens is 1. The Kier molecular flexibility index (Phi) is 5.38. The zero-order valence-electron chi connectivity index (χ0n) is 17.7. The third-order valence-corrected chi connectivity index (χ3v) is 7.73. The minimum absolute atomic E-state index is 0.173. The second-order valence-corrected chi connectivity index (χ2v) is 9.70. The first-order chi connectivity index (χ1) is 15.9. The van der Waals surface area contributed by atoms with Gasteiger partial charge in [-0.25, -0.2) is 22.2 Å². The van der Waals surface area contributed by atoms with Crippen LogP contribution in [0, 0.1) is 11.6 Å². The van der Waals surface area contributed by atoms with E-state index < -0.39 is 27.7 Å². The van der Waals surface area contributed by atoms with Gasteiger partial charge in [-0.05, 0) is 72.5 Å². The molecule has 2 heterocycles. The van der Waals surface area contributed by atoms with Gasteiger partial charge >= 0.3 is 0 Å². The molecule has 1 aliphatic rings. The normalized spacial score (nSPS) is 17.0. The molecule has 0 bridgehead atoms. The van der Waals surface area contributed by atoms with Crippen molar-refractivity contribution in [3.05, 3.63) is 78.2 Å². The van der Waals surface area contributed by atoms with E-state index in [0.717, 1.165) is 12.1 Å². The number of methoxy groups -OCH3 is 1. The lowest BCUT2D eigenvalue weighted by molar-refractivity contribution is 0.337. The van der Waals surface area contributed by atoms with Gasteiger partial charge < -0.3 is 9.15 Å². The summed E-state index contributed by atoms with van der Waals surface area (Å²) in [5, 5.41) is 0. The van der Waals surface area contributed by atoms with E-state index in [1.807, 2.05) is 0 Å². The third-order valence-electron chi connectivity index (χ3n) is 5.81. The van der Waals surface area contributed by atoms with Crippen LogP contribution >= 0.6 is 0 Å². The highest BCUT2D eigenvalue weighted by atomic mass is 32.2. The van der Waals surface area contributed by atoms with Gasteiger partial charge in [0.15, 0.2) is 17.2 Å². The fourth-order valence-corrected chi connectivity index (χ4v) is 5.75. The Morgan fingerprint density at radius 2 is 1.73 bits per heavy atom. The van der Waals surface area contributed by atoms with Crippen LogP contribution in [0.15, 0.2) is 70.0 Å². The van der Waals surface area contributed by atoms with E-state index in [2.05, 4.69) is 4.98 Å². The molecule has 0 amide bonds. The first-order valence-electron chi connectivity index (χ1n) is 10.4. The van der Waals surface area contributed by atoms with Crippen LogP contribution in [0.5, 0.6) is 5.75 Å². The molecule has 33 heavy (non-hydrogen) atoms. The molecule has 1 atom stereocenters. The fraction of sp³-hybridized carbons (Fsp3) is 0.208. The number of benzene rings is 3. The SMILES string of the molecule is COc1ccc(S(=O)(=O)N2CCC[C@H]2c2nc3cc(-c4ccc(F)c(F)c4)ccc3o2)cc1. The summed E-state index contributed by atoms with van der Waals surface area (Å²) in [6.07, 6.45) is 1.26. The highest BCUT2D eigenvalue weighted by Crippen LogP contribution is 2.38. The van der Waals surface area contributed by atoms with E-state index in [1.165, 1.54) is 29.6 Å². The monoisotopic (exact) mass is 470 g/mol. The second-order valence-electron chi connectivity index (χ2n) is 7.81. The first kappa shape index (κ1) is 21.5. The van der Waals surface area contributed by atoms with E-state index >= 15 is 0 Å². The highest BCUT2D eigenvalue weighted by molar-refractivity contribution is 7.89. The van der Waals surface area contributed by atoms with Crippen molar-refractivity contribution in [2.45, 2.75) is 23.8 Å². The Hall–Kier alpha value is -3.30. The molecule has 0 unspecified atom stereocenters. The van der Waals surface area contributed by atoms with Gasteiger partial charge in [-0.2, -0.15) is 4.31 Å². The minimum atomic E-state index is -3.76. The lowest BCUT2D eigenvalue weighted by atomic mass is 10.1. The molecule has 1 fully saturated rings. The average molecular weight is 470 g/mol.